The van der Waals surface area contributed by atoms with Crippen LogP contribution >= 0.6 is 0 Å². The fourth-order valence-electron chi connectivity index (χ4n) is 3.73. The molecule has 0 aliphatic carbocycles. The van der Waals surface area contributed by atoms with Gasteiger partial charge >= 0.3 is 6.18 Å². The number of nitrogens with zero attached hydrogens (tertiary/aromatic N) is 3. The van der Waals surface area contributed by atoms with Crippen LogP contribution in [0.3, 0.4) is 0 Å². The molecule has 0 aliphatic rings. The van der Waals surface area contributed by atoms with Crippen molar-refractivity contribution >= 4 is 29.1 Å². The minimum atomic E-state index is -4.51. The molecule has 0 fully saturated rings. The number of fused-ring (bicyclic) bond motifs is 1. The molecule has 4 aromatic rings. The molecule has 0 saturated carbocycles. The van der Waals surface area contributed by atoms with Gasteiger partial charge in [0.1, 0.15) is 12.3 Å². The lowest BCUT2D eigenvalue weighted by atomic mass is 9.96. The van der Waals surface area contributed by atoms with Crippen LogP contribution in [-0.2, 0) is 0 Å². The summed E-state index contributed by atoms with van der Waals surface area (Å²) in [7, 11) is 1.37. The van der Waals surface area contributed by atoms with Gasteiger partial charge in [0.2, 0.25) is 5.95 Å². The molecule has 0 radical (unpaired) electrons. The highest BCUT2D eigenvalue weighted by molar-refractivity contribution is 5.96. The number of halogens is 3. The minimum Gasteiger partial charge on any atom is -0.495 e. The Labute approximate surface area is 242 Å². The SMILES string of the molecule is CC.COc1cc(C(=O)NCC(F)(F)F)ccc1Nc1nc2ccc(-c3cccc(C(=O)NCC(C)(C)C)c3)cn2n1. The number of aromatic nitrogens is 3. The van der Waals surface area contributed by atoms with Crippen LogP contribution < -0.4 is 20.7 Å². The smallest absolute Gasteiger partial charge is 0.405 e. The third-order valence-electron chi connectivity index (χ3n) is 5.73. The Hall–Kier alpha value is -4.61. The number of benzene rings is 2. The molecule has 3 N–H and O–H groups in total. The van der Waals surface area contributed by atoms with Crippen molar-refractivity contribution in [2.75, 3.05) is 25.5 Å². The molecule has 0 bridgehead atoms. The van der Waals surface area contributed by atoms with Crippen LogP contribution in [0.1, 0.15) is 55.3 Å². The van der Waals surface area contributed by atoms with E-state index in [0.29, 0.717) is 23.4 Å². The Morgan fingerprint density at radius 1 is 0.881 bits per heavy atom. The molecule has 42 heavy (non-hydrogen) atoms. The molecule has 0 atom stereocenters. The molecule has 2 heterocycles. The van der Waals surface area contributed by atoms with Gasteiger partial charge in [0.15, 0.2) is 5.65 Å². The van der Waals surface area contributed by atoms with Crippen LogP contribution in [0.2, 0.25) is 0 Å². The van der Waals surface area contributed by atoms with Crippen molar-refractivity contribution in [3.05, 3.63) is 71.9 Å². The Bertz CT molecular complexity index is 1540. The van der Waals surface area contributed by atoms with Gasteiger partial charge in [-0.15, -0.1) is 5.10 Å². The van der Waals surface area contributed by atoms with E-state index in [-0.39, 0.29) is 28.6 Å². The number of hydrogen-bond acceptors (Lipinski definition) is 6. The van der Waals surface area contributed by atoms with E-state index in [1.807, 2.05) is 64.2 Å². The monoisotopic (exact) mass is 584 g/mol. The maximum absolute atomic E-state index is 12.6. The van der Waals surface area contributed by atoms with Crippen LogP contribution in [0.5, 0.6) is 5.75 Å². The zero-order chi connectivity index (χ0) is 31.1. The van der Waals surface area contributed by atoms with E-state index >= 15 is 0 Å². The van der Waals surface area contributed by atoms with Gasteiger partial charge in [0.25, 0.3) is 11.8 Å². The van der Waals surface area contributed by atoms with Gasteiger partial charge in [-0.1, -0.05) is 46.8 Å². The fraction of sp³-hybridized carbons (Fsp3) is 0.333. The highest BCUT2D eigenvalue weighted by Gasteiger charge is 2.28. The number of pyridine rings is 1. The second-order valence-electron chi connectivity index (χ2n) is 10.3. The normalized spacial score (nSPS) is 11.4. The summed E-state index contributed by atoms with van der Waals surface area (Å²) in [4.78, 5) is 29.2. The highest BCUT2D eigenvalue weighted by atomic mass is 19.4. The Balaban J connectivity index is 0.00000237. The van der Waals surface area contributed by atoms with Crippen LogP contribution in [0.15, 0.2) is 60.8 Å². The first-order valence-electron chi connectivity index (χ1n) is 13.4. The van der Waals surface area contributed by atoms with Gasteiger partial charge in [-0.25, -0.2) is 4.52 Å². The Morgan fingerprint density at radius 2 is 1.55 bits per heavy atom. The number of anilines is 2. The van der Waals surface area contributed by atoms with Crippen molar-refractivity contribution in [3.63, 3.8) is 0 Å². The van der Waals surface area contributed by atoms with E-state index in [2.05, 4.69) is 20.7 Å². The van der Waals surface area contributed by atoms with Gasteiger partial charge in [0, 0.05) is 29.4 Å². The van der Waals surface area contributed by atoms with Crippen molar-refractivity contribution in [1.82, 2.24) is 25.2 Å². The summed E-state index contributed by atoms with van der Waals surface area (Å²) in [5.74, 6) is -0.569. The standard InChI is InChI=1S/C28H29F3N6O3.C2H6/c1-27(2,3)15-32-24(38)18-7-5-6-17(12-18)20-9-11-23-35-26(36-37(23)14-20)34-21-10-8-19(13-22(21)40-4)25(39)33-16-28(29,30)31;1-2/h5-14H,15-16H2,1-4H3,(H,32,38)(H,33,39)(H,34,36);1-2H3. The number of rotatable bonds is 8. The zero-order valence-electron chi connectivity index (χ0n) is 24.4. The van der Waals surface area contributed by atoms with Gasteiger partial charge in [-0.3, -0.25) is 9.59 Å². The number of methoxy groups -OCH3 is 1. The lowest BCUT2D eigenvalue weighted by Gasteiger charge is -2.18. The average molecular weight is 585 g/mol. The largest absolute Gasteiger partial charge is 0.495 e. The highest BCUT2D eigenvalue weighted by Crippen LogP contribution is 2.29. The molecule has 4 rings (SSSR count). The summed E-state index contributed by atoms with van der Waals surface area (Å²) in [5.41, 5.74) is 3.14. The van der Waals surface area contributed by atoms with Crippen LogP contribution in [0.4, 0.5) is 24.8 Å². The van der Waals surface area contributed by atoms with E-state index in [0.717, 1.165) is 11.1 Å². The molecule has 0 spiro atoms. The molecule has 2 aromatic carbocycles. The Morgan fingerprint density at radius 3 is 2.19 bits per heavy atom. The molecular formula is C30H35F3N6O3. The van der Waals surface area contributed by atoms with E-state index in [4.69, 9.17) is 4.74 Å². The topological polar surface area (TPSA) is 110 Å². The lowest BCUT2D eigenvalue weighted by molar-refractivity contribution is -0.123. The molecule has 0 saturated heterocycles. The maximum Gasteiger partial charge on any atom is 0.405 e. The summed E-state index contributed by atoms with van der Waals surface area (Å²) >= 11 is 0. The van der Waals surface area contributed by atoms with E-state index in [1.54, 1.807) is 22.8 Å². The van der Waals surface area contributed by atoms with Crippen molar-refractivity contribution in [2.45, 2.75) is 40.8 Å². The summed E-state index contributed by atoms with van der Waals surface area (Å²) in [5, 5.41) is 12.2. The predicted octanol–water partition coefficient (Wildman–Crippen LogP) is 6.24. The first-order chi connectivity index (χ1) is 19.8. The molecule has 0 unspecified atom stereocenters. The second kappa shape index (κ2) is 13.4. The molecule has 2 amide bonds. The average Bonchev–Trinajstić information content (AvgIpc) is 3.36. The first kappa shape index (κ1) is 31.9. The molecule has 9 nitrogen and oxygen atoms in total. The van der Waals surface area contributed by atoms with E-state index in [9.17, 15) is 22.8 Å². The van der Waals surface area contributed by atoms with Crippen LogP contribution in [0, 0.1) is 5.41 Å². The van der Waals surface area contributed by atoms with Crippen molar-refractivity contribution in [1.29, 1.82) is 0 Å². The Kier molecular flexibility index (Phi) is 10.2. The zero-order valence-corrected chi connectivity index (χ0v) is 24.4. The maximum atomic E-state index is 12.6. The first-order valence-corrected chi connectivity index (χ1v) is 13.4. The summed E-state index contributed by atoms with van der Waals surface area (Å²) in [6, 6.07) is 15.1. The summed E-state index contributed by atoms with van der Waals surface area (Å²) in [6.07, 6.45) is -2.73. The number of carbonyl (C=O) groups is 2. The molecular weight excluding hydrogens is 549 g/mol. The number of carbonyl (C=O) groups excluding carboxylic acids is 2. The predicted molar refractivity (Wildman–Crippen MR) is 156 cm³/mol. The van der Waals surface area contributed by atoms with Crippen LogP contribution in [0.25, 0.3) is 16.8 Å². The fourth-order valence-corrected chi connectivity index (χ4v) is 3.73. The summed E-state index contributed by atoms with van der Waals surface area (Å²) < 4.78 is 44.2. The second-order valence-corrected chi connectivity index (χ2v) is 10.3. The third-order valence-corrected chi connectivity index (χ3v) is 5.73. The number of amides is 2. The van der Waals surface area contributed by atoms with Crippen molar-refractivity contribution < 1.29 is 27.5 Å². The van der Waals surface area contributed by atoms with Gasteiger partial charge < -0.3 is 20.7 Å². The van der Waals surface area contributed by atoms with E-state index < -0.39 is 18.6 Å². The van der Waals surface area contributed by atoms with Crippen LogP contribution in [-0.4, -0.2) is 52.8 Å². The lowest BCUT2D eigenvalue weighted by Crippen LogP contribution is -2.33. The van der Waals surface area contributed by atoms with Gasteiger partial charge in [0.05, 0.1) is 12.8 Å². The minimum absolute atomic E-state index is 0.00794. The molecule has 2 aromatic heterocycles. The number of alkyl halides is 3. The van der Waals surface area contributed by atoms with Crippen molar-refractivity contribution in [2.24, 2.45) is 5.41 Å². The van der Waals surface area contributed by atoms with Gasteiger partial charge in [-0.05, 0) is 53.4 Å². The molecule has 12 heteroatoms. The van der Waals surface area contributed by atoms with Gasteiger partial charge in [-0.2, -0.15) is 18.2 Å². The van der Waals surface area contributed by atoms with Crippen molar-refractivity contribution in [3.8, 4) is 16.9 Å². The number of ether oxygens (including phenoxy) is 1. The quantitative estimate of drug-likeness (QED) is 0.226. The summed E-state index contributed by atoms with van der Waals surface area (Å²) in [6.45, 7) is 9.26. The molecule has 224 valence electrons. The number of hydrogen-bond donors (Lipinski definition) is 3. The van der Waals surface area contributed by atoms with E-state index in [1.165, 1.54) is 25.3 Å². The molecule has 0 aliphatic heterocycles. The third kappa shape index (κ3) is 8.69. The number of nitrogens with one attached hydrogen (secondary N) is 3.